The number of carbonyl (C=O) groups excluding carboxylic acids is 1. The maximum absolute atomic E-state index is 12.8. The summed E-state index contributed by atoms with van der Waals surface area (Å²) in [5.74, 6) is 1.95. The predicted molar refractivity (Wildman–Crippen MR) is 99.9 cm³/mol. The molecule has 0 bridgehead atoms. The molecule has 3 nitrogen and oxygen atoms in total. The van der Waals surface area contributed by atoms with E-state index in [0.29, 0.717) is 11.0 Å². The summed E-state index contributed by atoms with van der Waals surface area (Å²) in [5.41, 5.74) is 3.05. The molecule has 0 aliphatic carbocycles. The molecule has 25 heavy (non-hydrogen) atoms. The fourth-order valence-corrected chi connectivity index (χ4v) is 4.11. The lowest BCUT2D eigenvalue weighted by atomic mass is 10.0. The van der Waals surface area contributed by atoms with Gasteiger partial charge in [-0.2, -0.15) is 0 Å². The summed E-state index contributed by atoms with van der Waals surface area (Å²) >= 11 is 1.54. The van der Waals surface area contributed by atoms with Crippen molar-refractivity contribution in [3.63, 3.8) is 0 Å². The van der Waals surface area contributed by atoms with Gasteiger partial charge in [-0.3, -0.25) is 0 Å². The zero-order valence-corrected chi connectivity index (χ0v) is 14.1. The minimum Gasteiger partial charge on any atom is -0.456 e. The SMILES string of the molecule is C#CCOC(=O)C1=c2c(oc3ccccc23)=CSC1c1ccccc1. The second kappa shape index (κ2) is 6.54. The van der Waals surface area contributed by atoms with Crippen LogP contribution in [-0.4, -0.2) is 12.6 Å². The van der Waals surface area contributed by atoms with Gasteiger partial charge in [-0.25, -0.2) is 4.79 Å². The highest BCUT2D eigenvalue weighted by atomic mass is 32.2. The van der Waals surface area contributed by atoms with Gasteiger partial charge in [0, 0.05) is 16.0 Å². The fourth-order valence-electron chi connectivity index (χ4n) is 3.02. The van der Waals surface area contributed by atoms with E-state index in [1.54, 1.807) is 0 Å². The predicted octanol–water partition coefficient (Wildman–Crippen LogP) is 2.99. The average Bonchev–Trinajstić information content (AvgIpc) is 3.04. The van der Waals surface area contributed by atoms with Crippen molar-refractivity contribution in [2.45, 2.75) is 5.25 Å². The van der Waals surface area contributed by atoms with E-state index in [4.69, 9.17) is 15.6 Å². The number of hydrogen-bond acceptors (Lipinski definition) is 4. The van der Waals surface area contributed by atoms with Crippen molar-refractivity contribution in [1.82, 2.24) is 0 Å². The molecule has 0 spiro atoms. The molecule has 4 rings (SSSR count). The molecule has 1 aliphatic rings. The van der Waals surface area contributed by atoms with Gasteiger partial charge in [-0.1, -0.05) is 54.5 Å². The van der Waals surface area contributed by atoms with Gasteiger partial charge in [-0.05, 0) is 11.6 Å². The van der Waals surface area contributed by atoms with Gasteiger partial charge in [0.1, 0.15) is 11.0 Å². The lowest BCUT2D eigenvalue weighted by Gasteiger charge is -2.19. The van der Waals surface area contributed by atoms with Crippen LogP contribution in [0.2, 0.25) is 0 Å². The molecule has 122 valence electrons. The number of terminal acetylenes is 1. The smallest absolute Gasteiger partial charge is 0.337 e. The van der Waals surface area contributed by atoms with E-state index in [0.717, 1.165) is 21.8 Å². The van der Waals surface area contributed by atoms with Gasteiger partial charge in [0.25, 0.3) is 0 Å². The molecule has 4 heteroatoms. The Morgan fingerprint density at radius 2 is 1.92 bits per heavy atom. The van der Waals surface area contributed by atoms with Crippen LogP contribution in [0, 0.1) is 12.3 Å². The first kappa shape index (κ1) is 15.6. The molecule has 0 fully saturated rings. The van der Waals surface area contributed by atoms with Crippen molar-refractivity contribution in [1.29, 1.82) is 0 Å². The average molecular weight is 346 g/mol. The lowest BCUT2D eigenvalue weighted by molar-refractivity contribution is -0.135. The highest BCUT2D eigenvalue weighted by Crippen LogP contribution is 2.39. The number of ether oxygens (including phenoxy) is 1. The largest absolute Gasteiger partial charge is 0.456 e. The Bertz CT molecular complexity index is 1100. The summed E-state index contributed by atoms with van der Waals surface area (Å²) in [6.07, 6.45) is 5.25. The van der Waals surface area contributed by atoms with Gasteiger partial charge >= 0.3 is 5.97 Å². The highest BCUT2D eigenvalue weighted by Gasteiger charge is 2.29. The van der Waals surface area contributed by atoms with E-state index in [1.165, 1.54) is 11.8 Å². The first-order valence-electron chi connectivity index (χ1n) is 7.82. The van der Waals surface area contributed by atoms with Crippen molar-refractivity contribution in [3.05, 3.63) is 70.8 Å². The summed E-state index contributed by atoms with van der Waals surface area (Å²) in [5, 5.41) is 3.50. The van der Waals surface area contributed by atoms with E-state index in [9.17, 15) is 4.79 Å². The molecule has 2 heterocycles. The number of hydrogen-bond donors (Lipinski definition) is 0. The minimum atomic E-state index is -0.403. The number of para-hydroxylation sites is 1. The van der Waals surface area contributed by atoms with E-state index >= 15 is 0 Å². The number of fused-ring (bicyclic) bond motifs is 3. The van der Waals surface area contributed by atoms with Crippen LogP contribution in [-0.2, 0) is 9.53 Å². The summed E-state index contributed by atoms with van der Waals surface area (Å²) in [6.45, 7) is -0.0522. The van der Waals surface area contributed by atoms with Crippen molar-refractivity contribution in [3.8, 4) is 12.3 Å². The molecular weight excluding hydrogens is 332 g/mol. The number of rotatable bonds is 3. The Hall–Kier alpha value is -2.90. The zero-order chi connectivity index (χ0) is 17.2. The van der Waals surface area contributed by atoms with E-state index in [1.807, 2.05) is 60.0 Å². The maximum atomic E-state index is 12.8. The third kappa shape index (κ3) is 2.73. The second-order valence-corrected chi connectivity index (χ2v) is 6.56. The van der Waals surface area contributed by atoms with Crippen molar-refractivity contribution in [2.75, 3.05) is 6.61 Å². The van der Waals surface area contributed by atoms with Crippen molar-refractivity contribution >= 4 is 39.7 Å². The Balaban J connectivity index is 2.01. The van der Waals surface area contributed by atoms with Crippen LogP contribution in [0.3, 0.4) is 0 Å². The Morgan fingerprint density at radius 1 is 1.16 bits per heavy atom. The number of carbonyl (C=O) groups is 1. The molecule has 1 aliphatic heterocycles. The summed E-state index contributed by atoms with van der Waals surface area (Å²) in [4.78, 5) is 12.8. The molecule has 0 N–H and O–H groups in total. The summed E-state index contributed by atoms with van der Waals surface area (Å²) < 4.78 is 11.2. The standard InChI is InChI=1S/C21H14O3S/c1-2-12-23-21(22)19-18-15-10-6-7-11-16(15)24-17(18)13-25-20(19)14-8-4-3-5-9-14/h1,3-11,13,20H,12H2. The lowest BCUT2D eigenvalue weighted by Crippen LogP contribution is -2.32. The number of benzene rings is 2. The molecular formula is C21H14O3S. The van der Waals surface area contributed by atoms with Crippen LogP contribution in [0.25, 0.3) is 22.0 Å². The Labute approximate surface area is 149 Å². The molecule has 0 saturated carbocycles. The molecule has 0 amide bonds. The van der Waals surface area contributed by atoms with Crippen LogP contribution >= 0.6 is 11.8 Å². The molecule has 1 aromatic heterocycles. The van der Waals surface area contributed by atoms with Gasteiger partial charge in [0.15, 0.2) is 6.61 Å². The van der Waals surface area contributed by atoms with Crippen LogP contribution in [0.1, 0.15) is 10.8 Å². The quantitative estimate of drug-likeness (QED) is 0.540. The van der Waals surface area contributed by atoms with Gasteiger partial charge < -0.3 is 9.15 Å². The molecule has 1 unspecified atom stereocenters. The van der Waals surface area contributed by atoms with Crippen molar-refractivity contribution in [2.24, 2.45) is 0 Å². The monoisotopic (exact) mass is 346 g/mol. The third-order valence-corrected chi connectivity index (χ3v) is 5.20. The van der Waals surface area contributed by atoms with Crippen LogP contribution in [0.5, 0.6) is 0 Å². The third-order valence-electron chi connectivity index (χ3n) is 4.07. The van der Waals surface area contributed by atoms with Crippen LogP contribution in [0.4, 0.5) is 0 Å². The number of furan rings is 1. The van der Waals surface area contributed by atoms with E-state index < -0.39 is 5.97 Å². The second-order valence-electron chi connectivity index (χ2n) is 5.58. The highest BCUT2D eigenvalue weighted by molar-refractivity contribution is 8.07. The van der Waals surface area contributed by atoms with Gasteiger partial charge in [-0.15, -0.1) is 18.2 Å². The fraction of sp³-hybridized carbons (Fsp3) is 0.0952. The molecule has 1 atom stereocenters. The van der Waals surface area contributed by atoms with Crippen LogP contribution < -0.4 is 10.6 Å². The minimum absolute atomic E-state index is 0.0522. The first-order valence-corrected chi connectivity index (χ1v) is 8.77. The van der Waals surface area contributed by atoms with Crippen LogP contribution in [0.15, 0.2) is 59.0 Å². The van der Waals surface area contributed by atoms with E-state index in [2.05, 4.69) is 5.92 Å². The normalized spacial score (nSPS) is 16.0. The molecule has 0 radical (unpaired) electrons. The molecule has 0 saturated heterocycles. The maximum Gasteiger partial charge on any atom is 0.337 e. The van der Waals surface area contributed by atoms with Gasteiger partial charge in [0.2, 0.25) is 0 Å². The molecule has 3 aromatic rings. The van der Waals surface area contributed by atoms with Gasteiger partial charge in [0.05, 0.1) is 10.8 Å². The van der Waals surface area contributed by atoms with E-state index in [-0.39, 0.29) is 11.9 Å². The number of thioether (sulfide) groups is 1. The number of esters is 1. The van der Waals surface area contributed by atoms with Crippen molar-refractivity contribution < 1.29 is 13.9 Å². The Kier molecular flexibility index (Phi) is 4.09. The topological polar surface area (TPSA) is 39.4 Å². The summed E-state index contributed by atoms with van der Waals surface area (Å²) in [7, 11) is 0. The summed E-state index contributed by atoms with van der Waals surface area (Å²) in [6, 6.07) is 17.6. The Morgan fingerprint density at radius 3 is 2.72 bits per heavy atom. The molecule has 2 aromatic carbocycles. The first-order chi connectivity index (χ1) is 12.3. The zero-order valence-electron chi connectivity index (χ0n) is 13.3.